The van der Waals surface area contributed by atoms with Gasteiger partial charge in [-0.05, 0) is 54.1 Å². The molecule has 1 heterocycles. The van der Waals surface area contributed by atoms with Crippen molar-refractivity contribution in [3.05, 3.63) is 92.6 Å². The molecule has 5 nitrogen and oxygen atoms in total. The van der Waals surface area contributed by atoms with E-state index in [0.717, 1.165) is 25.8 Å². The van der Waals surface area contributed by atoms with E-state index in [-0.39, 0.29) is 5.91 Å². The first kappa shape index (κ1) is 19.3. The number of amides is 1. The SMILES string of the molecule is O=C(N/N=C/c1ccc(OCc2ccc(Br)cc2Br)cc1)c1cccnc1. The molecule has 0 saturated heterocycles. The molecular weight excluding hydrogens is 474 g/mol. The number of hydrazone groups is 1. The molecule has 0 atom stereocenters. The second kappa shape index (κ2) is 9.43. The van der Waals surface area contributed by atoms with Crippen LogP contribution in [-0.4, -0.2) is 17.1 Å². The molecule has 0 fully saturated rings. The highest BCUT2D eigenvalue weighted by Gasteiger charge is 2.03. The van der Waals surface area contributed by atoms with Gasteiger partial charge in [0.25, 0.3) is 5.91 Å². The van der Waals surface area contributed by atoms with E-state index in [0.29, 0.717) is 12.2 Å². The number of carbonyl (C=O) groups excluding carboxylic acids is 1. The fourth-order valence-corrected chi connectivity index (χ4v) is 3.34. The molecule has 136 valence electrons. The van der Waals surface area contributed by atoms with Crippen LogP contribution in [0.15, 0.2) is 81.0 Å². The lowest BCUT2D eigenvalue weighted by atomic mass is 10.2. The molecule has 0 spiro atoms. The van der Waals surface area contributed by atoms with Crippen LogP contribution < -0.4 is 10.2 Å². The number of nitrogens with zero attached hydrogens (tertiary/aromatic N) is 2. The summed E-state index contributed by atoms with van der Waals surface area (Å²) in [6.07, 6.45) is 4.67. The largest absolute Gasteiger partial charge is 0.489 e. The zero-order valence-electron chi connectivity index (χ0n) is 14.1. The number of halogens is 2. The number of nitrogens with one attached hydrogen (secondary N) is 1. The minimum absolute atomic E-state index is 0.306. The maximum Gasteiger partial charge on any atom is 0.272 e. The number of aromatic nitrogens is 1. The van der Waals surface area contributed by atoms with Crippen molar-refractivity contribution in [3.8, 4) is 5.75 Å². The van der Waals surface area contributed by atoms with Crippen molar-refractivity contribution < 1.29 is 9.53 Å². The Balaban J connectivity index is 1.53. The van der Waals surface area contributed by atoms with Crippen molar-refractivity contribution in [1.82, 2.24) is 10.4 Å². The molecule has 0 aliphatic heterocycles. The van der Waals surface area contributed by atoms with Crippen LogP contribution in [0.25, 0.3) is 0 Å². The lowest BCUT2D eigenvalue weighted by molar-refractivity contribution is 0.0955. The molecule has 1 amide bonds. The molecular formula is C20H15Br2N3O2. The Labute approximate surface area is 173 Å². The van der Waals surface area contributed by atoms with Crippen LogP contribution in [0.1, 0.15) is 21.5 Å². The summed E-state index contributed by atoms with van der Waals surface area (Å²) < 4.78 is 7.80. The van der Waals surface area contributed by atoms with Crippen LogP contribution in [0.5, 0.6) is 5.75 Å². The van der Waals surface area contributed by atoms with E-state index in [9.17, 15) is 4.79 Å². The average molecular weight is 489 g/mol. The van der Waals surface area contributed by atoms with Crippen LogP contribution >= 0.6 is 31.9 Å². The quantitative estimate of drug-likeness (QED) is 0.394. The van der Waals surface area contributed by atoms with Gasteiger partial charge < -0.3 is 4.74 Å². The summed E-state index contributed by atoms with van der Waals surface area (Å²) in [6, 6.07) is 16.8. The highest BCUT2D eigenvalue weighted by atomic mass is 79.9. The van der Waals surface area contributed by atoms with Gasteiger partial charge in [-0.25, -0.2) is 5.43 Å². The zero-order valence-corrected chi connectivity index (χ0v) is 17.3. The number of hydrogen-bond donors (Lipinski definition) is 1. The maximum absolute atomic E-state index is 11.9. The molecule has 27 heavy (non-hydrogen) atoms. The summed E-state index contributed by atoms with van der Waals surface area (Å²) in [5, 5.41) is 3.96. The molecule has 1 N–H and O–H groups in total. The van der Waals surface area contributed by atoms with Crippen LogP contribution in [0.2, 0.25) is 0 Å². The van der Waals surface area contributed by atoms with Gasteiger partial charge in [0.05, 0.1) is 11.8 Å². The fourth-order valence-electron chi connectivity index (χ4n) is 2.18. The Bertz CT molecular complexity index is 945. The third-order valence-electron chi connectivity index (χ3n) is 3.59. The van der Waals surface area contributed by atoms with E-state index in [2.05, 4.69) is 47.4 Å². The van der Waals surface area contributed by atoms with Crippen molar-refractivity contribution in [1.29, 1.82) is 0 Å². The van der Waals surface area contributed by atoms with Gasteiger partial charge in [-0.3, -0.25) is 9.78 Å². The van der Waals surface area contributed by atoms with Crippen molar-refractivity contribution in [3.63, 3.8) is 0 Å². The van der Waals surface area contributed by atoms with E-state index in [1.165, 1.54) is 6.20 Å². The Kier molecular flexibility index (Phi) is 6.73. The molecule has 0 radical (unpaired) electrons. The summed E-state index contributed by atoms with van der Waals surface area (Å²) in [7, 11) is 0. The van der Waals surface area contributed by atoms with Crippen molar-refractivity contribution >= 4 is 44.0 Å². The minimum atomic E-state index is -0.306. The summed E-state index contributed by atoms with van der Waals surface area (Å²) >= 11 is 6.95. The van der Waals surface area contributed by atoms with E-state index in [4.69, 9.17) is 4.74 Å². The highest BCUT2D eigenvalue weighted by Crippen LogP contribution is 2.23. The van der Waals surface area contributed by atoms with Crippen LogP contribution in [-0.2, 0) is 6.61 Å². The lowest BCUT2D eigenvalue weighted by Gasteiger charge is -2.08. The number of hydrogen-bond acceptors (Lipinski definition) is 4. The Morgan fingerprint density at radius 2 is 1.96 bits per heavy atom. The van der Waals surface area contributed by atoms with Crippen molar-refractivity contribution in [2.45, 2.75) is 6.61 Å². The van der Waals surface area contributed by atoms with Gasteiger partial charge in [-0.15, -0.1) is 0 Å². The van der Waals surface area contributed by atoms with Gasteiger partial charge in [0.15, 0.2) is 0 Å². The Hall–Kier alpha value is -2.51. The normalized spacial score (nSPS) is 10.7. The summed E-state index contributed by atoms with van der Waals surface area (Å²) in [5.41, 5.74) is 4.83. The van der Waals surface area contributed by atoms with Gasteiger partial charge in [0.1, 0.15) is 12.4 Å². The van der Waals surface area contributed by atoms with Gasteiger partial charge in [-0.1, -0.05) is 37.9 Å². The average Bonchev–Trinajstić information content (AvgIpc) is 2.69. The molecule has 3 rings (SSSR count). The number of pyridine rings is 1. The maximum atomic E-state index is 11.9. The van der Waals surface area contributed by atoms with Crippen LogP contribution in [0.3, 0.4) is 0 Å². The molecule has 1 aromatic heterocycles. The van der Waals surface area contributed by atoms with Gasteiger partial charge >= 0.3 is 0 Å². The predicted octanol–water partition coefficient (Wildman–Crippen LogP) is 4.95. The molecule has 3 aromatic rings. The lowest BCUT2D eigenvalue weighted by Crippen LogP contribution is -2.17. The topological polar surface area (TPSA) is 63.6 Å². The smallest absolute Gasteiger partial charge is 0.272 e. The summed E-state index contributed by atoms with van der Waals surface area (Å²) in [5.74, 6) is 0.445. The fraction of sp³-hybridized carbons (Fsp3) is 0.0500. The van der Waals surface area contributed by atoms with Crippen LogP contribution in [0.4, 0.5) is 0 Å². The third-order valence-corrected chi connectivity index (χ3v) is 4.82. The molecule has 0 saturated carbocycles. The highest BCUT2D eigenvalue weighted by molar-refractivity contribution is 9.11. The summed E-state index contributed by atoms with van der Waals surface area (Å²) in [4.78, 5) is 15.8. The third kappa shape index (κ3) is 5.74. The molecule has 0 aliphatic carbocycles. The first-order valence-electron chi connectivity index (χ1n) is 8.02. The molecule has 0 bridgehead atoms. The first-order chi connectivity index (χ1) is 13.1. The zero-order chi connectivity index (χ0) is 19.1. The van der Waals surface area contributed by atoms with E-state index >= 15 is 0 Å². The standard InChI is InChI=1S/C20H15Br2N3O2/c21-17-6-5-16(19(22)10-17)13-27-18-7-3-14(4-8-18)11-24-25-20(26)15-2-1-9-23-12-15/h1-12H,13H2,(H,25,26)/b24-11+. The van der Waals surface area contributed by atoms with Gasteiger partial charge in [0.2, 0.25) is 0 Å². The second-order valence-corrected chi connectivity index (χ2v) is 7.30. The number of ether oxygens (including phenoxy) is 1. The Morgan fingerprint density at radius 1 is 1.15 bits per heavy atom. The first-order valence-corrected chi connectivity index (χ1v) is 9.60. The predicted molar refractivity (Wildman–Crippen MR) is 112 cm³/mol. The van der Waals surface area contributed by atoms with E-state index in [1.807, 2.05) is 42.5 Å². The van der Waals surface area contributed by atoms with Gasteiger partial charge in [-0.2, -0.15) is 5.10 Å². The number of carbonyl (C=O) groups is 1. The monoisotopic (exact) mass is 487 g/mol. The van der Waals surface area contributed by atoms with Gasteiger partial charge in [0, 0.05) is 26.9 Å². The van der Waals surface area contributed by atoms with Crippen LogP contribution in [0, 0.1) is 0 Å². The molecule has 0 unspecified atom stereocenters. The Morgan fingerprint density at radius 3 is 2.67 bits per heavy atom. The van der Waals surface area contributed by atoms with Crippen molar-refractivity contribution in [2.75, 3.05) is 0 Å². The number of rotatable bonds is 6. The van der Waals surface area contributed by atoms with E-state index < -0.39 is 0 Å². The number of benzene rings is 2. The van der Waals surface area contributed by atoms with Crippen molar-refractivity contribution in [2.24, 2.45) is 5.10 Å². The second-order valence-electron chi connectivity index (χ2n) is 5.53. The van der Waals surface area contributed by atoms with E-state index in [1.54, 1.807) is 24.5 Å². The summed E-state index contributed by atoms with van der Waals surface area (Å²) in [6.45, 7) is 0.461. The molecule has 0 aliphatic rings. The molecule has 7 heteroatoms. The minimum Gasteiger partial charge on any atom is -0.489 e. The molecule has 2 aromatic carbocycles.